The van der Waals surface area contributed by atoms with Gasteiger partial charge in [0.1, 0.15) is 5.69 Å². The molecule has 2 aliphatic rings. The van der Waals surface area contributed by atoms with E-state index in [9.17, 15) is 13.2 Å². The zero-order valence-electron chi connectivity index (χ0n) is 22.6. The van der Waals surface area contributed by atoms with Crippen LogP contribution < -0.4 is 0 Å². The van der Waals surface area contributed by atoms with Crippen molar-refractivity contribution in [1.82, 2.24) is 14.7 Å². The number of unbranched alkanes of at least 4 members (excludes halogenated alkanes) is 1. The molecule has 3 aromatic rings. The van der Waals surface area contributed by atoms with Crippen molar-refractivity contribution >= 4 is 15.6 Å². The van der Waals surface area contributed by atoms with Gasteiger partial charge in [0.15, 0.2) is 15.6 Å². The van der Waals surface area contributed by atoms with E-state index in [0.29, 0.717) is 28.1 Å². The number of nitrogens with zero attached hydrogens (tertiary/aromatic N) is 3. The molecule has 1 aromatic heterocycles. The Morgan fingerprint density at radius 3 is 2.50 bits per heavy atom. The predicted octanol–water partition coefficient (Wildman–Crippen LogP) is 5.37. The van der Waals surface area contributed by atoms with Crippen LogP contribution in [0.5, 0.6) is 0 Å². The van der Waals surface area contributed by atoms with Crippen LogP contribution in [-0.4, -0.2) is 55.2 Å². The van der Waals surface area contributed by atoms with E-state index in [1.807, 2.05) is 32.0 Å². The summed E-state index contributed by atoms with van der Waals surface area (Å²) in [4.78, 5) is 16.5. The summed E-state index contributed by atoms with van der Waals surface area (Å²) in [5.74, 6) is -0.425. The molecule has 0 radical (unpaired) electrons. The highest BCUT2D eigenvalue weighted by Gasteiger charge is 2.37. The van der Waals surface area contributed by atoms with Gasteiger partial charge in [-0.05, 0) is 49.1 Å². The molecule has 0 amide bonds. The summed E-state index contributed by atoms with van der Waals surface area (Å²) >= 11 is 0. The molecule has 1 saturated heterocycles. The standard InChI is InChI=1S/C30H37N3O4S/c1-4-6-9-23(5-2)30(34)28-25-20-38(35,36)26-10-7-8-21(3)27(26)29(25)33(31-28)24-13-11-22(12-14-24)19-32-15-17-37-18-16-32/h7-8,10-14,23H,4-6,9,15-20H2,1-3H3. The maximum Gasteiger partial charge on any atom is 0.186 e. The van der Waals surface area contributed by atoms with Crippen LogP contribution in [-0.2, 0) is 26.9 Å². The number of ketones is 1. The minimum atomic E-state index is -3.60. The molecule has 8 heteroatoms. The first-order chi connectivity index (χ1) is 18.3. The molecule has 1 unspecified atom stereocenters. The Balaban J connectivity index is 1.61. The smallest absolute Gasteiger partial charge is 0.186 e. The van der Waals surface area contributed by atoms with Crippen molar-refractivity contribution in [3.05, 3.63) is 64.8 Å². The van der Waals surface area contributed by atoms with E-state index in [1.54, 1.807) is 16.8 Å². The second kappa shape index (κ2) is 11.1. The predicted molar refractivity (Wildman–Crippen MR) is 148 cm³/mol. The van der Waals surface area contributed by atoms with Crippen LogP contribution in [0.25, 0.3) is 16.9 Å². The number of aryl methyl sites for hydroxylation is 1. The average molecular weight is 536 g/mol. The summed E-state index contributed by atoms with van der Waals surface area (Å²) in [7, 11) is -3.60. The maximum absolute atomic E-state index is 13.8. The highest BCUT2D eigenvalue weighted by Crippen LogP contribution is 2.43. The van der Waals surface area contributed by atoms with E-state index in [4.69, 9.17) is 9.84 Å². The van der Waals surface area contributed by atoms with Gasteiger partial charge < -0.3 is 4.74 Å². The molecule has 7 nitrogen and oxygen atoms in total. The Morgan fingerprint density at radius 1 is 1.08 bits per heavy atom. The number of carbonyl (C=O) groups excluding carboxylic acids is 1. The fourth-order valence-electron chi connectivity index (χ4n) is 5.62. The third kappa shape index (κ3) is 5.09. The van der Waals surface area contributed by atoms with Gasteiger partial charge in [0.05, 0.1) is 35.2 Å². The molecule has 1 fully saturated rings. The van der Waals surface area contributed by atoms with E-state index in [1.165, 1.54) is 5.56 Å². The highest BCUT2D eigenvalue weighted by molar-refractivity contribution is 7.90. The molecule has 0 N–H and O–H groups in total. The molecule has 38 heavy (non-hydrogen) atoms. The van der Waals surface area contributed by atoms with Crippen molar-refractivity contribution in [2.24, 2.45) is 5.92 Å². The van der Waals surface area contributed by atoms with Gasteiger partial charge >= 0.3 is 0 Å². The quantitative estimate of drug-likeness (QED) is 0.343. The van der Waals surface area contributed by atoms with Gasteiger partial charge in [0.25, 0.3) is 0 Å². The van der Waals surface area contributed by atoms with Crippen molar-refractivity contribution in [1.29, 1.82) is 0 Å². The van der Waals surface area contributed by atoms with Crippen LogP contribution in [0.3, 0.4) is 0 Å². The number of fused-ring (bicyclic) bond motifs is 3. The summed E-state index contributed by atoms with van der Waals surface area (Å²) in [6, 6.07) is 13.6. The number of carbonyl (C=O) groups is 1. The minimum absolute atomic E-state index is 0.0490. The molecule has 0 spiro atoms. The van der Waals surface area contributed by atoms with Crippen molar-refractivity contribution < 1.29 is 17.9 Å². The first kappa shape index (κ1) is 26.8. The van der Waals surface area contributed by atoms with Crippen LogP contribution in [0.4, 0.5) is 0 Å². The van der Waals surface area contributed by atoms with Crippen molar-refractivity contribution in [2.45, 2.75) is 63.6 Å². The Hall–Kier alpha value is -2.81. The third-order valence-corrected chi connectivity index (χ3v) is 9.50. The second-order valence-corrected chi connectivity index (χ2v) is 12.4. The zero-order chi connectivity index (χ0) is 26.9. The van der Waals surface area contributed by atoms with Crippen LogP contribution in [0, 0.1) is 12.8 Å². The molecule has 202 valence electrons. The maximum atomic E-state index is 13.8. The molecule has 0 aliphatic carbocycles. The summed E-state index contributed by atoms with van der Waals surface area (Å²) in [5, 5.41) is 4.87. The molecule has 2 aliphatic heterocycles. The minimum Gasteiger partial charge on any atom is -0.379 e. The van der Waals surface area contributed by atoms with Crippen LogP contribution in [0.15, 0.2) is 47.4 Å². The number of ether oxygens (including phenoxy) is 1. The topological polar surface area (TPSA) is 81.5 Å². The molecule has 3 heterocycles. The Bertz CT molecular complexity index is 1420. The normalized spacial score (nSPS) is 17.6. The van der Waals surface area contributed by atoms with Crippen LogP contribution >= 0.6 is 0 Å². The first-order valence-corrected chi connectivity index (χ1v) is 15.4. The Morgan fingerprint density at radius 2 is 1.82 bits per heavy atom. The number of benzene rings is 2. The third-order valence-electron chi connectivity index (χ3n) is 7.82. The lowest BCUT2D eigenvalue weighted by molar-refractivity contribution is 0.0342. The number of rotatable bonds is 9. The molecule has 0 bridgehead atoms. The van der Waals surface area contributed by atoms with E-state index >= 15 is 0 Å². The van der Waals surface area contributed by atoms with E-state index in [2.05, 4.69) is 24.0 Å². The fourth-order valence-corrected chi connectivity index (χ4v) is 7.29. The number of sulfone groups is 1. The van der Waals surface area contributed by atoms with Gasteiger partial charge in [-0.2, -0.15) is 5.10 Å². The molecular weight excluding hydrogens is 498 g/mol. The SMILES string of the molecule is CCCCC(CC)C(=O)c1nn(-c2ccc(CN3CCOCC3)cc2)c2c1CS(=O)(=O)c1cccc(C)c1-2. The van der Waals surface area contributed by atoms with E-state index in [0.717, 1.165) is 69.1 Å². The number of hydrogen-bond acceptors (Lipinski definition) is 6. The van der Waals surface area contributed by atoms with Crippen molar-refractivity contribution in [2.75, 3.05) is 26.3 Å². The van der Waals surface area contributed by atoms with Crippen molar-refractivity contribution in [3.63, 3.8) is 0 Å². The number of aromatic nitrogens is 2. The van der Waals surface area contributed by atoms with E-state index < -0.39 is 9.84 Å². The Kier molecular flexibility index (Phi) is 7.84. The highest BCUT2D eigenvalue weighted by atomic mass is 32.2. The lowest BCUT2D eigenvalue weighted by Gasteiger charge is -2.26. The summed E-state index contributed by atoms with van der Waals surface area (Å²) in [5.41, 5.74) is 5.08. The molecule has 5 rings (SSSR count). The number of Topliss-reactive ketones (excluding diaryl/α,β-unsaturated/α-hetero) is 1. The largest absolute Gasteiger partial charge is 0.379 e. The Labute approximate surface area is 225 Å². The van der Waals surface area contributed by atoms with Gasteiger partial charge in [0.2, 0.25) is 0 Å². The first-order valence-electron chi connectivity index (χ1n) is 13.7. The lowest BCUT2D eigenvalue weighted by Crippen LogP contribution is -2.35. The molecule has 0 saturated carbocycles. The average Bonchev–Trinajstić information content (AvgIpc) is 3.28. The molecule has 1 atom stereocenters. The van der Waals surface area contributed by atoms with Gasteiger partial charge in [-0.1, -0.05) is 51.0 Å². The number of morpholine rings is 1. The number of hydrogen-bond donors (Lipinski definition) is 0. The molecular formula is C30H37N3O4S. The fraction of sp³-hybridized carbons (Fsp3) is 0.467. The monoisotopic (exact) mass is 535 g/mol. The van der Waals surface area contributed by atoms with Gasteiger partial charge in [0, 0.05) is 36.7 Å². The van der Waals surface area contributed by atoms with Gasteiger partial charge in [-0.25, -0.2) is 13.1 Å². The summed E-state index contributed by atoms with van der Waals surface area (Å²) in [6.45, 7) is 10.3. The summed E-state index contributed by atoms with van der Waals surface area (Å²) < 4.78 is 34.0. The summed E-state index contributed by atoms with van der Waals surface area (Å²) in [6.07, 6.45) is 3.46. The second-order valence-electron chi connectivity index (χ2n) is 10.5. The van der Waals surface area contributed by atoms with E-state index in [-0.39, 0.29) is 17.5 Å². The van der Waals surface area contributed by atoms with Gasteiger partial charge in [-0.15, -0.1) is 0 Å². The van der Waals surface area contributed by atoms with Crippen LogP contribution in [0.2, 0.25) is 0 Å². The van der Waals surface area contributed by atoms with Crippen LogP contribution in [0.1, 0.15) is 66.7 Å². The molecule has 2 aromatic carbocycles. The van der Waals surface area contributed by atoms with Gasteiger partial charge in [-0.3, -0.25) is 9.69 Å². The lowest BCUT2D eigenvalue weighted by atomic mass is 9.90. The zero-order valence-corrected chi connectivity index (χ0v) is 23.4. The van der Waals surface area contributed by atoms with Crippen molar-refractivity contribution in [3.8, 4) is 16.9 Å².